The van der Waals surface area contributed by atoms with Crippen LogP contribution in [0.5, 0.6) is 0 Å². The molecule has 0 aliphatic rings. The first-order valence-corrected chi connectivity index (χ1v) is 7.58. The van der Waals surface area contributed by atoms with Gasteiger partial charge in [0.25, 0.3) is 0 Å². The molecule has 1 heterocycles. The second-order valence-corrected chi connectivity index (χ2v) is 6.39. The first kappa shape index (κ1) is 14.1. The van der Waals surface area contributed by atoms with Gasteiger partial charge in [0.1, 0.15) is 5.76 Å². The zero-order valence-corrected chi connectivity index (χ0v) is 12.1. The van der Waals surface area contributed by atoms with E-state index in [4.69, 9.17) is 16.0 Å². The minimum Gasteiger partial charge on any atom is -0.468 e. The Labute approximate surface area is 117 Å². The van der Waals surface area contributed by atoms with Crippen LogP contribution in [0.4, 0.5) is 0 Å². The van der Waals surface area contributed by atoms with Crippen molar-refractivity contribution < 1.29 is 12.8 Å². The van der Waals surface area contributed by atoms with E-state index >= 15 is 0 Å². The number of nitrogens with one attached hydrogen (secondary N) is 1. The van der Waals surface area contributed by atoms with Crippen LogP contribution in [0, 0.1) is 6.92 Å². The zero-order chi connectivity index (χ0) is 14.0. The van der Waals surface area contributed by atoms with Gasteiger partial charge in [-0.05, 0) is 43.7 Å². The number of rotatable bonds is 4. The summed E-state index contributed by atoms with van der Waals surface area (Å²) in [7, 11) is -3.62. The quantitative estimate of drug-likeness (QED) is 0.942. The Morgan fingerprint density at radius 2 is 2.05 bits per heavy atom. The molecule has 0 amide bonds. The molecule has 0 bridgehead atoms. The van der Waals surface area contributed by atoms with E-state index in [0.717, 1.165) is 5.56 Å². The summed E-state index contributed by atoms with van der Waals surface area (Å²) >= 11 is 5.95. The Bertz CT molecular complexity index is 665. The summed E-state index contributed by atoms with van der Waals surface area (Å²) < 4.78 is 32.1. The highest BCUT2D eigenvalue weighted by molar-refractivity contribution is 7.89. The minimum absolute atomic E-state index is 0.140. The van der Waals surface area contributed by atoms with Gasteiger partial charge in [0.05, 0.1) is 17.2 Å². The van der Waals surface area contributed by atoms with Crippen LogP contribution in [0.25, 0.3) is 0 Å². The van der Waals surface area contributed by atoms with Gasteiger partial charge in [0.15, 0.2) is 0 Å². The summed E-state index contributed by atoms with van der Waals surface area (Å²) in [6, 6.07) is 7.62. The maximum Gasteiger partial charge on any atom is 0.241 e. The summed E-state index contributed by atoms with van der Waals surface area (Å²) in [5.74, 6) is 0.557. The second-order valence-electron chi connectivity index (χ2n) is 4.27. The third-order valence-corrected chi connectivity index (χ3v) is 4.70. The van der Waals surface area contributed by atoms with Gasteiger partial charge in [0, 0.05) is 5.02 Å². The molecular weight excluding hydrogens is 286 g/mol. The highest BCUT2D eigenvalue weighted by Gasteiger charge is 2.20. The van der Waals surface area contributed by atoms with Gasteiger partial charge in [-0.1, -0.05) is 17.7 Å². The number of halogens is 1. The van der Waals surface area contributed by atoms with E-state index in [-0.39, 0.29) is 4.90 Å². The Morgan fingerprint density at radius 1 is 1.32 bits per heavy atom. The molecule has 2 aromatic rings. The lowest BCUT2D eigenvalue weighted by atomic mass is 10.2. The molecule has 1 aromatic carbocycles. The standard InChI is InChI=1S/C13H14ClNO3S/c1-9-5-6-11(8-12(9)14)19(16,17)15-10(2)13-4-3-7-18-13/h3-8,10,15H,1-2H3. The zero-order valence-electron chi connectivity index (χ0n) is 10.6. The smallest absolute Gasteiger partial charge is 0.241 e. The fraction of sp³-hybridized carbons (Fsp3) is 0.231. The third kappa shape index (κ3) is 3.18. The number of furan rings is 1. The lowest BCUT2D eigenvalue weighted by Crippen LogP contribution is -2.26. The molecule has 1 aromatic heterocycles. The molecule has 0 aliphatic carbocycles. The molecule has 0 fully saturated rings. The molecule has 0 saturated carbocycles. The van der Waals surface area contributed by atoms with Gasteiger partial charge in [0.2, 0.25) is 10.0 Å². The molecule has 4 nitrogen and oxygen atoms in total. The maximum atomic E-state index is 12.2. The van der Waals surface area contributed by atoms with Crippen LogP contribution in [-0.2, 0) is 10.0 Å². The van der Waals surface area contributed by atoms with E-state index in [2.05, 4.69) is 4.72 Å². The molecule has 1 N–H and O–H groups in total. The normalized spacial score (nSPS) is 13.4. The van der Waals surface area contributed by atoms with Gasteiger partial charge in [-0.3, -0.25) is 0 Å². The third-order valence-electron chi connectivity index (χ3n) is 2.76. The molecule has 1 unspecified atom stereocenters. The van der Waals surface area contributed by atoms with Crippen LogP contribution >= 0.6 is 11.6 Å². The summed E-state index contributed by atoms with van der Waals surface area (Å²) in [6.45, 7) is 3.53. The molecule has 0 aliphatic heterocycles. The van der Waals surface area contributed by atoms with Crippen molar-refractivity contribution in [2.75, 3.05) is 0 Å². The average molecular weight is 300 g/mol. The van der Waals surface area contributed by atoms with E-state index < -0.39 is 16.1 Å². The van der Waals surface area contributed by atoms with Crippen molar-refractivity contribution in [1.82, 2.24) is 4.72 Å². The van der Waals surface area contributed by atoms with Gasteiger partial charge < -0.3 is 4.42 Å². The molecular formula is C13H14ClNO3S. The van der Waals surface area contributed by atoms with E-state index in [1.165, 1.54) is 18.4 Å². The van der Waals surface area contributed by atoms with Crippen LogP contribution in [0.3, 0.4) is 0 Å². The lowest BCUT2D eigenvalue weighted by molar-refractivity contribution is 0.459. The van der Waals surface area contributed by atoms with Crippen molar-refractivity contribution in [3.63, 3.8) is 0 Å². The summed E-state index contributed by atoms with van der Waals surface area (Å²) in [4.78, 5) is 0.140. The molecule has 0 saturated heterocycles. The first-order chi connectivity index (χ1) is 8.90. The average Bonchev–Trinajstić information content (AvgIpc) is 2.85. The topological polar surface area (TPSA) is 59.3 Å². The number of sulfonamides is 1. The minimum atomic E-state index is -3.62. The molecule has 0 radical (unpaired) electrons. The molecule has 2 rings (SSSR count). The van der Waals surface area contributed by atoms with Crippen LogP contribution in [0.2, 0.25) is 5.02 Å². The molecule has 0 spiro atoms. The molecule has 19 heavy (non-hydrogen) atoms. The van der Waals surface area contributed by atoms with E-state index in [9.17, 15) is 8.42 Å². The molecule has 6 heteroatoms. The van der Waals surface area contributed by atoms with Crippen molar-refractivity contribution in [1.29, 1.82) is 0 Å². The van der Waals surface area contributed by atoms with Crippen LogP contribution < -0.4 is 4.72 Å². The maximum absolute atomic E-state index is 12.2. The monoisotopic (exact) mass is 299 g/mol. The number of aryl methyl sites for hydroxylation is 1. The van der Waals surface area contributed by atoms with Gasteiger partial charge >= 0.3 is 0 Å². The predicted octanol–water partition coefficient (Wildman–Crippen LogP) is 3.28. The van der Waals surface area contributed by atoms with E-state index in [1.807, 2.05) is 6.92 Å². The van der Waals surface area contributed by atoms with Crippen LogP contribution in [-0.4, -0.2) is 8.42 Å². The number of hydrogen-bond acceptors (Lipinski definition) is 3. The van der Waals surface area contributed by atoms with Gasteiger partial charge in [-0.15, -0.1) is 0 Å². The van der Waals surface area contributed by atoms with E-state index in [1.54, 1.807) is 25.1 Å². The fourth-order valence-corrected chi connectivity index (χ4v) is 3.12. The second kappa shape index (κ2) is 5.36. The summed E-state index contributed by atoms with van der Waals surface area (Å²) in [5.41, 5.74) is 0.833. The lowest BCUT2D eigenvalue weighted by Gasteiger charge is -2.12. The Morgan fingerprint density at radius 3 is 2.63 bits per heavy atom. The Balaban J connectivity index is 2.25. The summed E-state index contributed by atoms with van der Waals surface area (Å²) in [5, 5.41) is 0.425. The van der Waals surface area contributed by atoms with Gasteiger partial charge in [-0.25, -0.2) is 13.1 Å². The number of benzene rings is 1. The van der Waals surface area contributed by atoms with Crippen molar-refractivity contribution in [3.8, 4) is 0 Å². The van der Waals surface area contributed by atoms with Crippen molar-refractivity contribution in [3.05, 3.63) is 52.9 Å². The SMILES string of the molecule is Cc1ccc(S(=O)(=O)NC(C)c2ccco2)cc1Cl. The highest BCUT2D eigenvalue weighted by atomic mass is 35.5. The Hall–Kier alpha value is -1.30. The summed E-state index contributed by atoms with van der Waals surface area (Å²) in [6.07, 6.45) is 1.50. The fourth-order valence-electron chi connectivity index (χ4n) is 1.64. The van der Waals surface area contributed by atoms with Crippen molar-refractivity contribution in [2.45, 2.75) is 24.8 Å². The molecule has 1 atom stereocenters. The first-order valence-electron chi connectivity index (χ1n) is 5.72. The number of hydrogen-bond donors (Lipinski definition) is 1. The van der Waals surface area contributed by atoms with Crippen LogP contribution in [0.15, 0.2) is 45.9 Å². The van der Waals surface area contributed by atoms with E-state index in [0.29, 0.717) is 10.8 Å². The Kier molecular flexibility index (Phi) is 3.99. The van der Waals surface area contributed by atoms with Crippen molar-refractivity contribution >= 4 is 21.6 Å². The molecule has 102 valence electrons. The largest absolute Gasteiger partial charge is 0.468 e. The van der Waals surface area contributed by atoms with Gasteiger partial charge in [-0.2, -0.15) is 0 Å². The highest BCUT2D eigenvalue weighted by Crippen LogP contribution is 2.22. The predicted molar refractivity (Wildman–Crippen MR) is 73.6 cm³/mol. The van der Waals surface area contributed by atoms with Crippen molar-refractivity contribution in [2.24, 2.45) is 0 Å². The van der Waals surface area contributed by atoms with Crippen LogP contribution in [0.1, 0.15) is 24.3 Å².